The van der Waals surface area contributed by atoms with Gasteiger partial charge in [0.05, 0.1) is 5.71 Å². The van der Waals surface area contributed by atoms with Gasteiger partial charge in [0.2, 0.25) is 0 Å². The van der Waals surface area contributed by atoms with E-state index < -0.39 is 22.1 Å². The van der Waals surface area contributed by atoms with Gasteiger partial charge < -0.3 is 10.6 Å². The molecule has 2 atom stereocenters. The standard InChI is InChI=1S/C28H32F2N4OS/c1-17-6-4-8-22(24(17)31)25(32)28-33-26(23(35)10-9-18-7-5-12-34(2)13-11-18)27(36(28)3)19-14-20(29)16-21(30)15-19/h4,6,8,14-16,18,32H,3,5,7,9-13,31H2,1-2H3. The first-order valence-corrected chi connectivity index (χ1v) is 13.5. The van der Waals surface area contributed by atoms with Crippen molar-refractivity contribution in [3.05, 3.63) is 70.4 Å². The molecule has 2 aliphatic rings. The number of likely N-dealkylation sites (tertiary alicyclic amines) is 1. The maximum absolute atomic E-state index is 14.2. The van der Waals surface area contributed by atoms with Gasteiger partial charge in [-0.3, -0.25) is 10.2 Å². The van der Waals surface area contributed by atoms with Crippen molar-refractivity contribution in [2.75, 3.05) is 25.9 Å². The van der Waals surface area contributed by atoms with Gasteiger partial charge in [-0.15, -0.1) is 10.5 Å². The zero-order chi connectivity index (χ0) is 26.0. The first-order chi connectivity index (χ1) is 17.2. The van der Waals surface area contributed by atoms with Crippen LogP contribution in [0.2, 0.25) is 0 Å². The Hall–Kier alpha value is -2.97. The minimum absolute atomic E-state index is 0.0681. The van der Waals surface area contributed by atoms with E-state index in [0.29, 0.717) is 33.5 Å². The lowest BCUT2D eigenvalue weighted by Crippen LogP contribution is -2.19. The summed E-state index contributed by atoms with van der Waals surface area (Å²) in [5.74, 6) is 2.97. The molecule has 2 unspecified atom stereocenters. The predicted molar refractivity (Wildman–Crippen MR) is 147 cm³/mol. The molecule has 2 aromatic carbocycles. The number of para-hydroxylation sites is 1. The summed E-state index contributed by atoms with van der Waals surface area (Å²) in [4.78, 5) is 20.8. The molecule has 0 radical (unpaired) electrons. The molecule has 0 amide bonds. The second kappa shape index (κ2) is 11.0. The normalized spacial score (nSPS) is 20.8. The van der Waals surface area contributed by atoms with Crippen LogP contribution in [0.4, 0.5) is 14.5 Å². The average molecular weight is 511 g/mol. The Labute approximate surface area is 213 Å². The van der Waals surface area contributed by atoms with E-state index in [9.17, 15) is 13.6 Å². The summed E-state index contributed by atoms with van der Waals surface area (Å²) in [6.07, 6.45) is 4.24. The quantitative estimate of drug-likeness (QED) is 0.281. The van der Waals surface area contributed by atoms with E-state index in [0.717, 1.165) is 50.4 Å². The summed E-state index contributed by atoms with van der Waals surface area (Å²) in [7, 11) is 1.02. The van der Waals surface area contributed by atoms with E-state index in [2.05, 4.69) is 22.8 Å². The number of aliphatic imine (C=N–C) groups is 1. The van der Waals surface area contributed by atoms with E-state index in [4.69, 9.17) is 11.1 Å². The Bertz CT molecular complexity index is 1280. The van der Waals surface area contributed by atoms with Crippen molar-refractivity contribution in [1.82, 2.24) is 4.90 Å². The van der Waals surface area contributed by atoms with Gasteiger partial charge in [0.25, 0.3) is 0 Å². The number of halogens is 2. The highest BCUT2D eigenvalue weighted by molar-refractivity contribution is 8.36. The van der Waals surface area contributed by atoms with Gasteiger partial charge in [-0.25, -0.2) is 13.8 Å². The predicted octanol–water partition coefficient (Wildman–Crippen LogP) is 5.79. The van der Waals surface area contributed by atoms with Crippen LogP contribution in [-0.2, 0) is 4.79 Å². The Morgan fingerprint density at radius 1 is 1.22 bits per heavy atom. The molecule has 36 heavy (non-hydrogen) atoms. The van der Waals surface area contributed by atoms with Gasteiger partial charge in [0.1, 0.15) is 22.4 Å². The summed E-state index contributed by atoms with van der Waals surface area (Å²) in [6.45, 7) is 3.92. The van der Waals surface area contributed by atoms with Crippen LogP contribution in [0, 0.1) is 29.9 Å². The van der Waals surface area contributed by atoms with Gasteiger partial charge in [-0.2, -0.15) is 0 Å². The highest BCUT2D eigenvalue weighted by atomic mass is 32.2. The first-order valence-electron chi connectivity index (χ1n) is 12.1. The molecule has 190 valence electrons. The second-order valence-electron chi connectivity index (χ2n) is 9.62. The third-order valence-electron chi connectivity index (χ3n) is 6.96. The largest absolute Gasteiger partial charge is 0.398 e. The SMILES string of the molecule is C=S1C(C(=N)c2cccc(C)c2N)=NC(C(=O)CCC2CCCN(C)CC2)=C1c1cc(F)cc(F)c1. The van der Waals surface area contributed by atoms with Gasteiger partial charge in [-0.05, 0) is 81.9 Å². The molecule has 0 saturated carbocycles. The Balaban J connectivity index is 1.67. The molecule has 0 aliphatic carbocycles. The van der Waals surface area contributed by atoms with E-state index in [1.807, 2.05) is 13.0 Å². The molecule has 1 saturated heterocycles. The van der Waals surface area contributed by atoms with Gasteiger partial charge in [-0.1, -0.05) is 24.1 Å². The van der Waals surface area contributed by atoms with Gasteiger partial charge in [0.15, 0.2) is 5.78 Å². The summed E-state index contributed by atoms with van der Waals surface area (Å²) in [5.41, 5.74) is 8.46. The van der Waals surface area contributed by atoms with Crippen LogP contribution in [0.1, 0.15) is 48.8 Å². The number of carbonyl (C=O) groups is 1. The molecular weight excluding hydrogens is 478 g/mol. The fraction of sp³-hybridized carbons (Fsp3) is 0.357. The fourth-order valence-corrected chi connectivity index (χ4v) is 6.36. The summed E-state index contributed by atoms with van der Waals surface area (Å²) in [5, 5.41) is 9.13. The molecular formula is C28H32F2N4OS. The van der Waals surface area contributed by atoms with Crippen LogP contribution in [0.3, 0.4) is 0 Å². The number of Topliss-reactive ketones (excluding diaryl/α,β-unsaturated/α-hetero) is 1. The molecule has 0 aromatic heterocycles. The number of nitrogen functional groups attached to an aromatic ring is 1. The minimum atomic E-state index is -1.09. The maximum atomic E-state index is 14.2. The zero-order valence-corrected chi connectivity index (χ0v) is 21.6. The number of anilines is 1. The van der Waals surface area contributed by atoms with E-state index in [-0.39, 0.29) is 22.8 Å². The molecule has 2 aliphatic heterocycles. The number of aryl methyl sites for hydroxylation is 1. The number of benzene rings is 2. The highest BCUT2D eigenvalue weighted by Gasteiger charge is 2.31. The number of hydrogen-bond acceptors (Lipinski definition) is 5. The van der Waals surface area contributed by atoms with Crippen LogP contribution >= 0.6 is 10.5 Å². The van der Waals surface area contributed by atoms with Crippen molar-refractivity contribution >= 4 is 43.5 Å². The van der Waals surface area contributed by atoms with Crippen molar-refractivity contribution in [1.29, 1.82) is 5.41 Å². The number of nitrogens with zero attached hydrogens (tertiary/aromatic N) is 2. The number of rotatable bonds is 7. The third-order valence-corrected chi connectivity index (χ3v) is 8.64. The molecule has 3 N–H and O–H groups in total. The van der Waals surface area contributed by atoms with Crippen LogP contribution in [0.15, 0.2) is 47.1 Å². The van der Waals surface area contributed by atoms with Gasteiger partial charge >= 0.3 is 0 Å². The van der Waals surface area contributed by atoms with E-state index in [1.165, 1.54) is 12.1 Å². The number of ketones is 1. The number of nitrogens with two attached hydrogens (primary N) is 1. The van der Waals surface area contributed by atoms with Crippen molar-refractivity contribution in [2.24, 2.45) is 10.9 Å². The Morgan fingerprint density at radius 3 is 2.67 bits per heavy atom. The third kappa shape index (κ3) is 5.55. The molecule has 8 heteroatoms. The van der Waals surface area contributed by atoms with Crippen molar-refractivity contribution in [3.8, 4) is 0 Å². The Morgan fingerprint density at radius 2 is 1.94 bits per heavy atom. The second-order valence-corrected chi connectivity index (χ2v) is 11.2. The monoisotopic (exact) mass is 510 g/mol. The number of nitrogens with one attached hydrogen (secondary N) is 1. The molecule has 5 nitrogen and oxygen atoms in total. The van der Waals surface area contributed by atoms with Gasteiger partial charge in [0, 0.05) is 28.6 Å². The summed E-state index contributed by atoms with van der Waals surface area (Å²) in [6, 6.07) is 8.57. The van der Waals surface area contributed by atoms with Crippen molar-refractivity contribution < 1.29 is 13.6 Å². The number of allylic oxidation sites excluding steroid dienone is 1. The lowest BCUT2D eigenvalue weighted by Gasteiger charge is -2.15. The van der Waals surface area contributed by atoms with Crippen LogP contribution in [-0.4, -0.2) is 47.4 Å². The number of carbonyl (C=O) groups excluding carboxylic acids is 1. The minimum Gasteiger partial charge on any atom is -0.398 e. The lowest BCUT2D eigenvalue weighted by atomic mass is 9.93. The zero-order valence-electron chi connectivity index (χ0n) is 20.7. The fourth-order valence-electron chi connectivity index (χ4n) is 4.82. The highest BCUT2D eigenvalue weighted by Crippen LogP contribution is 2.45. The van der Waals surface area contributed by atoms with Crippen molar-refractivity contribution in [3.63, 3.8) is 0 Å². The smallest absolute Gasteiger partial charge is 0.182 e. The number of hydrogen-bond donors (Lipinski definition) is 2. The molecule has 2 aromatic rings. The molecule has 0 bridgehead atoms. The van der Waals surface area contributed by atoms with E-state index >= 15 is 0 Å². The lowest BCUT2D eigenvalue weighted by molar-refractivity contribution is -0.115. The molecule has 4 rings (SSSR count). The van der Waals surface area contributed by atoms with E-state index in [1.54, 1.807) is 12.1 Å². The average Bonchev–Trinajstić information content (AvgIpc) is 3.03. The Kier molecular flexibility index (Phi) is 7.95. The molecule has 0 spiro atoms. The maximum Gasteiger partial charge on any atom is 0.182 e. The molecule has 1 fully saturated rings. The summed E-state index contributed by atoms with van der Waals surface area (Å²) < 4.78 is 28.3. The van der Waals surface area contributed by atoms with Crippen molar-refractivity contribution in [2.45, 2.75) is 39.0 Å². The van der Waals surface area contributed by atoms with Crippen LogP contribution < -0.4 is 5.73 Å². The first kappa shape index (κ1) is 26.1. The topological polar surface area (TPSA) is 82.5 Å². The molecule has 2 heterocycles. The van der Waals surface area contributed by atoms with Crippen LogP contribution in [0.5, 0.6) is 0 Å². The summed E-state index contributed by atoms with van der Waals surface area (Å²) >= 11 is 0. The van der Waals surface area contributed by atoms with Crippen LogP contribution in [0.25, 0.3) is 4.91 Å².